The van der Waals surface area contributed by atoms with E-state index in [1.807, 2.05) is 0 Å². The number of hydrogen-bond donors (Lipinski definition) is 2. The minimum atomic E-state index is -1.11. The maximum absolute atomic E-state index is 12.8. The van der Waals surface area contributed by atoms with Gasteiger partial charge in [-0.05, 0) is 44.1 Å². The van der Waals surface area contributed by atoms with Gasteiger partial charge in [0.05, 0.1) is 33.7 Å². The van der Waals surface area contributed by atoms with Gasteiger partial charge >= 0.3 is 0 Å². The van der Waals surface area contributed by atoms with E-state index < -0.39 is 10.8 Å². The highest BCUT2D eigenvalue weighted by atomic mass is 35.5. The monoisotopic (exact) mass is 460 g/mol. The molecule has 1 fully saturated rings. The zero-order valence-electron chi connectivity index (χ0n) is 17.2. The molecule has 1 atom stereocenters. The molecule has 31 heavy (non-hydrogen) atoms. The predicted molar refractivity (Wildman–Crippen MR) is 121 cm³/mol. The number of halogens is 1. The van der Waals surface area contributed by atoms with Gasteiger partial charge in [-0.15, -0.1) is 0 Å². The van der Waals surface area contributed by atoms with Gasteiger partial charge in [-0.3, -0.25) is 4.21 Å². The molecule has 0 aromatic carbocycles. The van der Waals surface area contributed by atoms with Gasteiger partial charge in [-0.2, -0.15) is 4.98 Å². The van der Waals surface area contributed by atoms with Crippen molar-refractivity contribution in [1.82, 2.24) is 19.9 Å². The van der Waals surface area contributed by atoms with Crippen LogP contribution in [0.3, 0.4) is 0 Å². The molecule has 164 valence electrons. The highest BCUT2D eigenvalue weighted by Crippen LogP contribution is 2.38. The SMILES string of the molecule is O=[S@@]1CCCc2nc(N3CC=C(c4ncc(Cl)cn4)CC3)nc(NC3(CO)CCC3)c21. The largest absolute Gasteiger partial charge is 0.394 e. The molecule has 0 bridgehead atoms. The Bertz CT molecular complexity index is 1040. The molecule has 0 spiro atoms. The smallest absolute Gasteiger partial charge is 0.227 e. The molecule has 1 saturated carbocycles. The van der Waals surface area contributed by atoms with Gasteiger partial charge in [0.15, 0.2) is 5.82 Å². The number of aryl methyl sites for hydroxylation is 1. The van der Waals surface area contributed by atoms with Crippen LogP contribution in [0.2, 0.25) is 5.02 Å². The van der Waals surface area contributed by atoms with Crippen molar-refractivity contribution < 1.29 is 9.32 Å². The molecule has 2 aromatic rings. The first kappa shape index (κ1) is 20.8. The molecule has 5 rings (SSSR count). The Morgan fingerprint density at radius 2 is 2.00 bits per heavy atom. The molecule has 0 unspecified atom stereocenters. The topological polar surface area (TPSA) is 104 Å². The Morgan fingerprint density at radius 1 is 1.19 bits per heavy atom. The Hall–Kier alpha value is -2.10. The summed E-state index contributed by atoms with van der Waals surface area (Å²) in [6.45, 7) is 1.43. The molecular formula is C21H25ClN6O2S. The average molecular weight is 461 g/mol. The lowest BCUT2D eigenvalue weighted by Gasteiger charge is -2.42. The van der Waals surface area contributed by atoms with Crippen LogP contribution >= 0.6 is 11.6 Å². The van der Waals surface area contributed by atoms with E-state index in [2.05, 4.69) is 26.3 Å². The van der Waals surface area contributed by atoms with Crippen LogP contribution in [0.15, 0.2) is 23.4 Å². The number of nitrogens with zero attached hydrogens (tertiary/aromatic N) is 5. The minimum Gasteiger partial charge on any atom is -0.394 e. The van der Waals surface area contributed by atoms with Crippen molar-refractivity contribution in [1.29, 1.82) is 0 Å². The van der Waals surface area contributed by atoms with Crippen LogP contribution < -0.4 is 10.2 Å². The second kappa shape index (κ2) is 8.44. The summed E-state index contributed by atoms with van der Waals surface area (Å²) >= 11 is 5.90. The number of anilines is 2. The van der Waals surface area contributed by atoms with Crippen molar-refractivity contribution in [2.24, 2.45) is 0 Å². The van der Waals surface area contributed by atoms with Crippen molar-refractivity contribution in [3.63, 3.8) is 0 Å². The molecule has 8 nitrogen and oxygen atoms in total. The van der Waals surface area contributed by atoms with Crippen molar-refractivity contribution >= 4 is 39.7 Å². The predicted octanol–water partition coefficient (Wildman–Crippen LogP) is 2.59. The summed E-state index contributed by atoms with van der Waals surface area (Å²) in [7, 11) is -1.11. The molecule has 0 amide bonds. The highest BCUT2D eigenvalue weighted by molar-refractivity contribution is 7.85. The number of fused-ring (bicyclic) bond motifs is 1. The lowest BCUT2D eigenvalue weighted by molar-refractivity contribution is 0.143. The number of aliphatic hydroxyl groups is 1. The van der Waals surface area contributed by atoms with E-state index in [-0.39, 0.29) is 12.1 Å². The molecular weight excluding hydrogens is 436 g/mol. The number of nitrogens with one attached hydrogen (secondary N) is 1. The Kier molecular flexibility index (Phi) is 5.66. The Labute approximate surface area is 188 Å². The van der Waals surface area contributed by atoms with Crippen molar-refractivity contribution in [3.05, 3.63) is 35.0 Å². The summed E-state index contributed by atoms with van der Waals surface area (Å²) < 4.78 is 12.8. The molecule has 10 heteroatoms. The van der Waals surface area contributed by atoms with Crippen LogP contribution in [0.25, 0.3) is 5.57 Å². The number of hydrogen-bond acceptors (Lipinski definition) is 8. The van der Waals surface area contributed by atoms with Crippen LogP contribution in [-0.4, -0.2) is 60.2 Å². The molecule has 2 aliphatic heterocycles. The van der Waals surface area contributed by atoms with Crippen molar-refractivity contribution in [2.45, 2.75) is 49.0 Å². The second-order valence-corrected chi connectivity index (χ2v) is 10.3. The lowest BCUT2D eigenvalue weighted by Crippen LogP contribution is -2.49. The molecule has 2 N–H and O–H groups in total. The van der Waals surface area contributed by atoms with E-state index in [0.29, 0.717) is 34.9 Å². The van der Waals surface area contributed by atoms with Crippen molar-refractivity contribution in [3.8, 4) is 0 Å². The average Bonchev–Trinajstić information content (AvgIpc) is 2.77. The van der Waals surface area contributed by atoms with E-state index in [4.69, 9.17) is 21.6 Å². The zero-order chi connectivity index (χ0) is 21.4. The third-order valence-corrected chi connectivity index (χ3v) is 8.03. The van der Waals surface area contributed by atoms with Gasteiger partial charge in [0.25, 0.3) is 0 Å². The fourth-order valence-electron chi connectivity index (χ4n) is 4.30. The molecule has 4 heterocycles. The van der Waals surface area contributed by atoms with Crippen LogP contribution in [0.1, 0.15) is 43.6 Å². The molecule has 2 aromatic heterocycles. The Morgan fingerprint density at radius 3 is 2.65 bits per heavy atom. The van der Waals surface area contributed by atoms with Gasteiger partial charge < -0.3 is 15.3 Å². The first-order valence-electron chi connectivity index (χ1n) is 10.7. The first-order valence-corrected chi connectivity index (χ1v) is 12.4. The standard InChI is InChI=1S/C21H25ClN6O2S/c22-15-11-23-18(24-12-15)14-4-8-28(9-5-14)20-25-16-3-1-10-31(30)17(16)19(26-20)27-21(13-29)6-2-7-21/h4,11-12,29H,1-3,5-10,13H2,(H,25,26,27)/t31-/m1/s1. The third-order valence-electron chi connectivity index (χ3n) is 6.29. The molecule has 0 radical (unpaired) electrons. The number of rotatable bonds is 5. The number of aliphatic hydroxyl groups excluding tert-OH is 1. The van der Waals surface area contributed by atoms with Gasteiger partial charge in [0, 0.05) is 31.2 Å². The first-order chi connectivity index (χ1) is 15.1. The fourth-order valence-corrected chi connectivity index (χ4v) is 5.73. The van der Waals surface area contributed by atoms with E-state index in [1.54, 1.807) is 12.4 Å². The zero-order valence-corrected chi connectivity index (χ0v) is 18.8. The summed E-state index contributed by atoms with van der Waals surface area (Å²) in [4.78, 5) is 21.1. The summed E-state index contributed by atoms with van der Waals surface area (Å²) in [6.07, 6.45) is 10.6. The van der Waals surface area contributed by atoms with Gasteiger partial charge in [0.1, 0.15) is 10.7 Å². The third kappa shape index (κ3) is 4.06. The maximum atomic E-state index is 12.8. The minimum absolute atomic E-state index is 0.0463. The molecule has 1 aliphatic carbocycles. The fraction of sp³-hybridized carbons (Fsp3) is 0.524. The van der Waals surface area contributed by atoms with Gasteiger partial charge in [0.2, 0.25) is 5.95 Å². The van der Waals surface area contributed by atoms with E-state index >= 15 is 0 Å². The summed E-state index contributed by atoms with van der Waals surface area (Å²) in [6, 6.07) is 0. The maximum Gasteiger partial charge on any atom is 0.227 e. The highest BCUT2D eigenvalue weighted by Gasteiger charge is 2.38. The van der Waals surface area contributed by atoms with E-state index in [9.17, 15) is 9.32 Å². The normalized spacial score (nSPS) is 22.3. The summed E-state index contributed by atoms with van der Waals surface area (Å²) in [5.41, 5.74) is 1.58. The van der Waals surface area contributed by atoms with Crippen LogP contribution in [-0.2, 0) is 17.2 Å². The van der Waals surface area contributed by atoms with Gasteiger partial charge in [-0.25, -0.2) is 15.0 Å². The quantitative estimate of drug-likeness (QED) is 0.701. The lowest BCUT2D eigenvalue weighted by atomic mass is 9.77. The van der Waals surface area contributed by atoms with Gasteiger partial charge in [-0.1, -0.05) is 17.7 Å². The number of aromatic nitrogens is 4. The summed E-state index contributed by atoms with van der Waals surface area (Å²) in [5.74, 6) is 2.60. The van der Waals surface area contributed by atoms with Crippen LogP contribution in [0, 0.1) is 0 Å². The Balaban J connectivity index is 1.44. The molecule has 3 aliphatic rings. The van der Waals surface area contributed by atoms with Crippen molar-refractivity contribution in [2.75, 3.05) is 35.7 Å². The van der Waals surface area contributed by atoms with Crippen LogP contribution in [0.4, 0.5) is 11.8 Å². The van der Waals surface area contributed by atoms with Crippen LogP contribution in [0.5, 0.6) is 0 Å². The second-order valence-electron chi connectivity index (χ2n) is 8.37. The van der Waals surface area contributed by atoms with E-state index in [0.717, 1.165) is 61.2 Å². The summed E-state index contributed by atoms with van der Waals surface area (Å²) in [5, 5.41) is 13.9. The van der Waals surface area contributed by atoms with E-state index in [1.165, 1.54) is 0 Å². The molecule has 0 saturated heterocycles.